The molecule has 1 heterocycles. The second-order valence-corrected chi connectivity index (χ2v) is 4.85. The molecule has 16 heavy (non-hydrogen) atoms. The Bertz CT molecular complexity index is 351. The lowest BCUT2D eigenvalue weighted by Gasteiger charge is -2.24. The van der Waals surface area contributed by atoms with Crippen molar-refractivity contribution in [1.82, 2.24) is 9.88 Å². The van der Waals surface area contributed by atoms with Crippen LogP contribution in [-0.2, 0) is 11.3 Å². The smallest absolute Gasteiger partial charge is 0.231 e. The van der Waals surface area contributed by atoms with Crippen LogP contribution in [0.5, 0.6) is 0 Å². The van der Waals surface area contributed by atoms with Gasteiger partial charge in [0.1, 0.15) is 0 Å². The van der Waals surface area contributed by atoms with Crippen LogP contribution in [0.2, 0.25) is 0 Å². The van der Waals surface area contributed by atoms with Gasteiger partial charge < -0.3 is 5.73 Å². The van der Waals surface area contributed by atoms with Gasteiger partial charge in [-0.25, -0.2) is 0 Å². The van der Waals surface area contributed by atoms with Crippen molar-refractivity contribution in [1.29, 1.82) is 0 Å². The Kier molecular flexibility index (Phi) is 4.89. The highest BCUT2D eigenvalue weighted by Crippen LogP contribution is 2.10. The van der Waals surface area contributed by atoms with Gasteiger partial charge in [0.15, 0.2) is 0 Å². The molecule has 0 fully saturated rings. The van der Waals surface area contributed by atoms with Gasteiger partial charge >= 0.3 is 0 Å². The van der Waals surface area contributed by atoms with Crippen LogP contribution in [0, 0.1) is 0 Å². The fraction of sp³-hybridized carbons (Fsp3) is 0.455. The minimum Gasteiger partial charge on any atom is -0.369 e. The molecule has 0 aliphatic heterocycles. The highest BCUT2D eigenvalue weighted by atomic mass is 79.9. The topological polar surface area (TPSA) is 59.2 Å². The SMILES string of the molecule is CC(C)N(CC(N)=O)Cc1ccc(Br)cn1. The van der Waals surface area contributed by atoms with Crippen LogP contribution in [0.1, 0.15) is 19.5 Å². The van der Waals surface area contributed by atoms with Gasteiger partial charge in [-0.05, 0) is 41.9 Å². The number of carbonyl (C=O) groups excluding carboxylic acids is 1. The van der Waals surface area contributed by atoms with Crippen LogP contribution in [-0.4, -0.2) is 28.4 Å². The van der Waals surface area contributed by atoms with E-state index in [-0.39, 0.29) is 18.5 Å². The number of hydrogen-bond donors (Lipinski definition) is 1. The summed E-state index contributed by atoms with van der Waals surface area (Å²) in [6, 6.07) is 4.13. The molecule has 88 valence electrons. The van der Waals surface area contributed by atoms with Gasteiger partial charge in [-0.15, -0.1) is 0 Å². The summed E-state index contributed by atoms with van der Waals surface area (Å²) in [5, 5.41) is 0. The van der Waals surface area contributed by atoms with Crippen molar-refractivity contribution in [2.45, 2.75) is 26.4 Å². The van der Waals surface area contributed by atoms with Gasteiger partial charge in [0.05, 0.1) is 12.2 Å². The van der Waals surface area contributed by atoms with E-state index >= 15 is 0 Å². The molecule has 5 heteroatoms. The van der Waals surface area contributed by atoms with Gasteiger partial charge in [0.2, 0.25) is 5.91 Å². The number of pyridine rings is 1. The molecule has 1 aromatic rings. The molecule has 0 spiro atoms. The predicted octanol–water partition coefficient (Wildman–Crippen LogP) is 1.54. The molecular formula is C11H16BrN3O. The lowest BCUT2D eigenvalue weighted by molar-refractivity contribution is -0.119. The molecule has 4 nitrogen and oxygen atoms in total. The second-order valence-electron chi connectivity index (χ2n) is 3.93. The second kappa shape index (κ2) is 5.96. The number of carbonyl (C=O) groups is 1. The summed E-state index contributed by atoms with van der Waals surface area (Å²) < 4.78 is 0.947. The minimum atomic E-state index is -0.314. The molecule has 1 aromatic heterocycles. The van der Waals surface area contributed by atoms with E-state index in [0.717, 1.165) is 10.2 Å². The van der Waals surface area contributed by atoms with E-state index in [1.807, 2.05) is 30.9 Å². The predicted molar refractivity (Wildman–Crippen MR) is 66.7 cm³/mol. The minimum absolute atomic E-state index is 0.259. The average molecular weight is 286 g/mol. The van der Waals surface area contributed by atoms with E-state index in [2.05, 4.69) is 20.9 Å². The number of primary amides is 1. The van der Waals surface area contributed by atoms with E-state index in [1.165, 1.54) is 0 Å². The summed E-state index contributed by atoms with van der Waals surface area (Å²) in [5.41, 5.74) is 6.13. The third kappa shape index (κ3) is 4.28. The van der Waals surface area contributed by atoms with Crippen LogP contribution in [0.15, 0.2) is 22.8 Å². The summed E-state index contributed by atoms with van der Waals surface area (Å²) in [6.07, 6.45) is 1.75. The Morgan fingerprint density at radius 1 is 1.56 bits per heavy atom. The van der Waals surface area contributed by atoms with Crippen LogP contribution < -0.4 is 5.73 Å². The first kappa shape index (κ1) is 13.1. The molecule has 0 aromatic carbocycles. The first-order valence-corrected chi connectivity index (χ1v) is 5.91. The molecule has 1 amide bonds. The number of halogens is 1. The molecule has 0 saturated carbocycles. The first-order valence-electron chi connectivity index (χ1n) is 5.12. The number of hydrogen-bond acceptors (Lipinski definition) is 3. The molecule has 0 bridgehead atoms. The van der Waals surface area contributed by atoms with Crippen molar-refractivity contribution in [3.05, 3.63) is 28.5 Å². The van der Waals surface area contributed by atoms with Crippen LogP contribution in [0.3, 0.4) is 0 Å². The normalized spacial score (nSPS) is 11.1. The van der Waals surface area contributed by atoms with E-state index in [9.17, 15) is 4.79 Å². The maximum absolute atomic E-state index is 10.9. The van der Waals surface area contributed by atoms with E-state index < -0.39 is 0 Å². The fourth-order valence-electron chi connectivity index (χ4n) is 1.33. The zero-order valence-electron chi connectivity index (χ0n) is 9.48. The Balaban J connectivity index is 2.67. The molecule has 2 N–H and O–H groups in total. The molecule has 0 saturated heterocycles. The van der Waals surface area contributed by atoms with E-state index in [0.29, 0.717) is 6.54 Å². The Morgan fingerprint density at radius 3 is 2.69 bits per heavy atom. The maximum Gasteiger partial charge on any atom is 0.231 e. The van der Waals surface area contributed by atoms with Crippen LogP contribution in [0.4, 0.5) is 0 Å². The average Bonchev–Trinajstić information content (AvgIpc) is 2.19. The summed E-state index contributed by atoms with van der Waals surface area (Å²) in [4.78, 5) is 17.2. The van der Waals surface area contributed by atoms with Crippen LogP contribution in [0.25, 0.3) is 0 Å². The molecule has 0 aliphatic rings. The monoisotopic (exact) mass is 285 g/mol. The van der Waals surface area contributed by atoms with Gasteiger partial charge in [0.25, 0.3) is 0 Å². The fourth-order valence-corrected chi connectivity index (χ4v) is 1.56. The number of nitrogens with two attached hydrogens (primary N) is 1. The Morgan fingerprint density at radius 2 is 2.25 bits per heavy atom. The first-order chi connectivity index (χ1) is 7.49. The lowest BCUT2D eigenvalue weighted by Crippen LogP contribution is -2.38. The van der Waals surface area contributed by atoms with Crippen molar-refractivity contribution in [2.24, 2.45) is 5.73 Å². The van der Waals surface area contributed by atoms with Crippen molar-refractivity contribution < 1.29 is 4.79 Å². The highest BCUT2D eigenvalue weighted by Gasteiger charge is 2.13. The summed E-state index contributed by atoms with van der Waals surface area (Å²) in [5.74, 6) is -0.314. The lowest BCUT2D eigenvalue weighted by atomic mass is 10.2. The number of amides is 1. The summed E-state index contributed by atoms with van der Waals surface area (Å²) in [6.45, 7) is 4.95. The van der Waals surface area contributed by atoms with Gasteiger partial charge in [-0.1, -0.05) is 0 Å². The number of rotatable bonds is 5. The van der Waals surface area contributed by atoms with Crippen molar-refractivity contribution in [3.8, 4) is 0 Å². The van der Waals surface area contributed by atoms with Crippen LogP contribution >= 0.6 is 15.9 Å². The largest absolute Gasteiger partial charge is 0.369 e. The molecular weight excluding hydrogens is 270 g/mol. The third-order valence-electron chi connectivity index (χ3n) is 2.24. The van der Waals surface area contributed by atoms with Gasteiger partial charge in [-0.2, -0.15) is 0 Å². The summed E-state index contributed by atoms with van der Waals surface area (Å²) >= 11 is 3.33. The quantitative estimate of drug-likeness (QED) is 0.893. The molecule has 0 aliphatic carbocycles. The highest BCUT2D eigenvalue weighted by molar-refractivity contribution is 9.10. The molecule has 0 unspecified atom stereocenters. The zero-order chi connectivity index (χ0) is 12.1. The van der Waals surface area contributed by atoms with Crippen molar-refractivity contribution >= 4 is 21.8 Å². The van der Waals surface area contributed by atoms with Gasteiger partial charge in [0, 0.05) is 23.3 Å². The van der Waals surface area contributed by atoms with Crippen molar-refractivity contribution in [2.75, 3.05) is 6.54 Å². The Labute approximate surface area is 104 Å². The maximum atomic E-state index is 10.9. The molecule has 0 radical (unpaired) electrons. The van der Waals surface area contributed by atoms with E-state index in [1.54, 1.807) is 6.20 Å². The van der Waals surface area contributed by atoms with E-state index in [4.69, 9.17) is 5.73 Å². The standard InChI is InChI=1S/C11H16BrN3O/c1-8(2)15(7-11(13)16)6-10-4-3-9(12)5-14-10/h3-5,8H,6-7H2,1-2H3,(H2,13,16). The number of aromatic nitrogens is 1. The summed E-state index contributed by atoms with van der Waals surface area (Å²) in [7, 11) is 0. The third-order valence-corrected chi connectivity index (χ3v) is 2.71. The molecule has 1 rings (SSSR count). The Hall–Kier alpha value is -0.940. The van der Waals surface area contributed by atoms with Gasteiger partial charge in [-0.3, -0.25) is 14.7 Å². The number of nitrogens with zero attached hydrogens (tertiary/aromatic N) is 2. The van der Waals surface area contributed by atoms with Crippen molar-refractivity contribution in [3.63, 3.8) is 0 Å². The molecule has 0 atom stereocenters. The zero-order valence-corrected chi connectivity index (χ0v) is 11.1.